The molecule has 4 nitrogen and oxygen atoms in total. The van der Waals surface area contributed by atoms with Gasteiger partial charge in [-0.3, -0.25) is 4.79 Å². The molecule has 0 aliphatic heterocycles. The maximum Gasteiger partial charge on any atom is 0.337 e. The van der Waals surface area contributed by atoms with Gasteiger partial charge < -0.3 is 10.8 Å². The highest BCUT2D eigenvalue weighted by atomic mass is 35.5. The van der Waals surface area contributed by atoms with Crippen LogP contribution in [0.5, 0.6) is 0 Å². The van der Waals surface area contributed by atoms with Gasteiger partial charge in [0.1, 0.15) is 5.82 Å². The molecule has 0 unspecified atom stereocenters. The number of carboxylic acid groups (broad SMARTS) is 1. The third-order valence-corrected chi connectivity index (χ3v) is 4.10. The van der Waals surface area contributed by atoms with Gasteiger partial charge in [-0.25, -0.2) is 9.18 Å². The summed E-state index contributed by atoms with van der Waals surface area (Å²) in [6.07, 6.45) is 3.60. The van der Waals surface area contributed by atoms with Gasteiger partial charge in [-0.1, -0.05) is 35.9 Å². The molecule has 0 aromatic heterocycles. The van der Waals surface area contributed by atoms with Gasteiger partial charge in [0.25, 0.3) is 0 Å². The minimum Gasteiger partial charge on any atom is -0.478 e. The highest BCUT2D eigenvalue weighted by Gasteiger charge is 2.21. The molecule has 2 aromatic rings. The van der Waals surface area contributed by atoms with E-state index in [2.05, 4.69) is 0 Å². The van der Waals surface area contributed by atoms with Crippen LogP contribution in [0.1, 0.15) is 34.3 Å². The number of hydrogen-bond donors (Lipinski definition) is 2. The maximum atomic E-state index is 12.6. The molecule has 1 amide bonds. The molecule has 0 saturated heterocycles. The molecule has 2 aromatic carbocycles. The van der Waals surface area contributed by atoms with E-state index >= 15 is 0 Å². The maximum absolute atomic E-state index is 12.6. The molecular weight excluding hydrogens is 345 g/mol. The van der Waals surface area contributed by atoms with E-state index in [0.717, 1.165) is 17.9 Å². The van der Waals surface area contributed by atoms with E-state index in [1.54, 1.807) is 18.2 Å². The Labute approximate surface area is 150 Å². The van der Waals surface area contributed by atoms with Crippen molar-refractivity contribution >= 4 is 23.5 Å². The lowest BCUT2D eigenvalue weighted by molar-refractivity contribution is -0.117. The smallest absolute Gasteiger partial charge is 0.337 e. The van der Waals surface area contributed by atoms with Crippen molar-refractivity contribution in [1.29, 1.82) is 0 Å². The van der Waals surface area contributed by atoms with Gasteiger partial charge in [0.15, 0.2) is 0 Å². The first-order valence-corrected chi connectivity index (χ1v) is 8.28. The molecule has 3 rings (SSSR count). The molecule has 1 aliphatic carbocycles. The van der Waals surface area contributed by atoms with E-state index in [9.17, 15) is 14.0 Å². The lowest BCUT2D eigenvalue weighted by Crippen LogP contribution is -2.16. The standard InChI is InChI=1S/C10H11F.C9H8ClNO3/c11-10-3-1-2-9(7-10)6-8-4-5-8;10-6-3-1-2-5(4-7(11)12)8(6)9(13)14/h1-3,7-8H,4-6H2;1-3H,4H2,(H2,11,12)(H,13,14). The number of primary amides is 1. The normalized spacial score (nSPS) is 12.9. The zero-order valence-corrected chi connectivity index (χ0v) is 14.3. The van der Waals surface area contributed by atoms with Crippen LogP contribution in [0.4, 0.5) is 4.39 Å². The van der Waals surface area contributed by atoms with Crippen LogP contribution in [0.2, 0.25) is 5.02 Å². The zero-order valence-electron chi connectivity index (χ0n) is 13.5. The third-order valence-electron chi connectivity index (χ3n) is 3.79. The van der Waals surface area contributed by atoms with Crippen molar-refractivity contribution < 1.29 is 19.1 Å². The summed E-state index contributed by atoms with van der Waals surface area (Å²) >= 11 is 5.67. The van der Waals surface area contributed by atoms with Crippen molar-refractivity contribution in [3.05, 3.63) is 70.0 Å². The minimum absolute atomic E-state index is 0.0621. The van der Waals surface area contributed by atoms with Crippen molar-refractivity contribution in [3.63, 3.8) is 0 Å². The molecule has 3 N–H and O–H groups in total. The van der Waals surface area contributed by atoms with E-state index in [1.165, 1.54) is 31.0 Å². The fourth-order valence-electron chi connectivity index (χ4n) is 2.46. The van der Waals surface area contributed by atoms with Gasteiger partial charge in [0.2, 0.25) is 5.91 Å². The Balaban J connectivity index is 0.000000185. The van der Waals surface area contributed by atoms with Crippen LogP contribution in [0.3, 0.4) is 0 Å². The summed E-state index contributed by atoms with van der Waals surface area (Å²) < 4.78 is 12.6. The van der Waals surface area contributed by atoms with Gasteiger partial charge in [-0.15, -0.1) is 0 Å². The van der Waals surface area contributed by atoms with Crippen LogP contribution < -0.4 is 5.73 Å². The molecule has 0 radical (unpaired) electrons. The number of amides is 1. The Hall–Kier alpha value is -2.40. The highest BCUT2D eigenvalue weighted by molar-refractivity contribution is 6.33. The van der Waals surface area contributed by atoms with Crippen molar-refractivity contribution in [2.45, 2.75) is 25.7 Å². The predicted octanol–water partition coefficient (Wildman–Crippen LogP) is 3.84. The second-order valence-electron chi connectivity index (χ2n) is 6.00. The lowest BCUT2D eigenvalue weighted by atomic mass is 10.0. The van der Waals surface area contributed by atoms with Crippen LogP contribution in [-0.4, -0.2) is 17.0 Å². The number of carboxylic acids is 1. The summed E-state index contributed by atoms with van der Waals surface area (Å²) in [4.78, 5) is 21.4. The van der Waals surface area contributed by atoms with Crippen LogP contribution in [0.15, 0.2) is 42.5 Å². The largest absolute Gasteiger partial charge is 0.478 e. The number of aromatic carboxylic acids is 1. The molecule has 1 fully saturated rings. The van der Waals surface area contributed by atoms with E-state index in [-0.39, 0.29) is 22.8 Å². The molecule has 1 aliphatic rings. The van der Waals surface area contributed by atoms with Crippen molar-refractivity contribution in [2.75, 3.05) is 0 Å². The second kappa shape index (κ2) is 8.62. The fourth-order valence-corrected chi connectivity index (χ4v) is 2.74. The summed E-state index contributed by atoms with van der Waals surface area (Å²) in [5, 5.41) is 8.93. The molecule has 6 heteroatoms. The summed E-state index contributed by atoms with van der Waals surface area (Å²) in [6.45, 7) is 0. The molecule has 132 valence electrons. The number of benzene rings is 2. The van der Waals surface area contributed by atoms with E-state index in [1.807, 2.05) is 6.07 Å². The number of rotatable bonds is 5. The second-order valence-corrected chi connectivity index (χ2v) is 6.41. The van der Waals surface area contributed by atoms with E-state index in [4.69, 9.17) is 22.4 Å². The Bertz CT molecular complexity index is 775. The number of halogens is 2. The number of nitrogens with two attached hydrogens (primary N) is 1. The first kappa shape index (κ1) is 18.9. The van der Waals surface area contributed by atoms with Gasteiger partial charge in [-0.2, -0.15) is 0 Å². The number of carbonyl (C=O) groups excluding carboxylic acids is 1. The van der Waals surface area contributed by atoms with Gasteiger partial charge in [0.05, 0.1) is 17.0 Å². The summed E-state index contributed by atoms with van der Waals surface area (Å²) in [6, 6.07) is 11.5. The molecule has 0 atom stereocenters. The highest BCUT2D eigenvalue weighted by Crippen LogP contribution is 2.32. The third kappa shape index (κ3) is 6.19. The van der Waals surface area contributed by atoms with E-state index < -0.39 is 11.9 Å². The molecule has 1 saturated carbocycles. The Morgan fingerprint density at radius 2 is 1.88 bits per heavy atom. The summed E-state index contributed by atoms with van der Waals surface area (Å²) in [5.41, 5.74) is 6.38. The number of carbonyl (C=O) groups is 2. The first-order valence-electron chi connectivity index (χ1n) is 7.90. The van der Waals surface area contributed by atoms with Crippen molar-refractivity contribution in [1.82, 2.24) is 0 Å². The van der Waals surface area contributed by atoms with Crippen molar-refractivity contribution in [3.8, 4) is 0 Å². The average molecular weight is 364 g/mol. The molecule has 25 heavy (non-hydrogen) atoms. The molecule has 0 spiro atoms. The van der Waals surface area contributed by atoms with Gasteiger partial charge in [-0.05, 0) is 54.5 Å². The summed E-state index contributed by atoms with van der Waals surface area (Å²) in [5.74, 6) is -1.01. The molecule has 0 bridgehead atoms. The Kier molecular flexibility index (Phi) is 6.53. The van der Waals surface area contributed by atoms with Gasteiger partial charge >= 0.3 is 5.97 Å². The fraction of sp³-hybridized carbons (Fsp3) is 0.263. The summed E-state index contributed by atoms with van der Waals surface area (Å²) in [7, 11) is 0. The molecular formula is C19H19ClFNO3. The van der Waals surface area contributed by atoms with Crippen LogP contribution in [0.25, 0.3) is 0 Å². The lowest BCUT2D eigenvalue weighted by Gasteiger charge is -2.04. The molecule has 0 heterocycles. The van der Waals surface area contributed by atoms with Crippen LogP contribution >= 0.6 is 11.6 Å². The topological polar surface area (TPSA) is 80.4 Å². The van der Waals surface area contributed by atoms with E-state index in [0.29, 0.717) is 5.56 Å². The van der Waals surface area contributed by atoms with Crippen LogP contribution in [-0.2, 0) is 17.6 Å². The SMILES string of the molecule is Fc1cccc(CC2CC2)c1.NC(=O)Cc1cccc(Cl)c1C(=O)O. The predicted molar refractivity (Wildman–Crippen MR) is 94.1 cm³/mol. The quantitative estimate of drug-likeness (QED) is 0.846. The number of hydrogen-bond acceptors (Lipinski definition) is 2. The van der Waals surface area contributed by atoms with Crippen LogP contribution in [0, 0.1) is 11.7 Å². The minimum atomic E-state index is -1.16. The van der Waals surface area contributed by atoms with Gasteiger partial charge in [0, 0.05) is 0 Å². The monoisotopic (exact) mass is 363 g/mol. The Morgan fingerprint density at radius 1 is 1.20 bits per heavy atom. The average Bonchev–Trinajstić information content (AvgIpc) is 3.31. The Morgan fingerprint density at radius 3 is 2.44 bits per heavy atom. The van der Waals surface area contributed by atoms with Crippen molar-refractivity contribution in [2.24, 2.45) is 11.7 Å². The first-order chi connectivity index (χ1) is 11.9. The zero-order chi connectivity index (χ0) is 18.4.